The van der Waals surface area contributed by atoms with E-state index >= 15 is 0 Å². The molecule has 380 valence electrons. The Balaban J connectivity index is 2.04. The van der Waals surface area contributed by atoms with Crippen molar-refractivity contribution in [1.82, 2.24) is 31.6 Å². The number of aliphatic hydroxyl groups excluding tert-OH is 1. The first-order valence-electron chi connectivity index (χ1n) is 19.8. The Morgan fingerprint density at radius 2 is 1.15 bits per heavy atom. The molecule has 71 heavy (non-hydrogen) atoms. The number of carbonyl (C=O) groups is 6. The van der Waals surface area contributed by atoms with E-state index in [-0.39, 0.29) is 33.9 Å². The number of nitrogens with two attached hydrogens (primary N) is 9. The predicted molar refractivity (Wildman–Crippen MR) is 264 cm³/mol. The number of benzene rings is 2. The number of hydrogen-bond donors (Lipinski definition) is 16. The molecule has 0 fully saturated rings. The Kier molecular flexibility index (Phi) is 19.9. The number of aromatic hydroxyl groups is 1. The first-order valence-corrected chi connectivity index (χ1v) is 20.9. The Morgan fingerprint density at radius 1 is 0.690 bits per heavy atom. The van der Waals surface area contributed by atoms with Gasteiger partial charge in [-0.25, -0.2) is 25.0 Å². The van der Waals surface area contributed by atoms with Crippen molar-refractivity contribution in [2.24, 2.45) is 71.6 Å². The lowest BCUT2D eigenvalue weighted by atomic mass is 10.1. The molecule has 30 nitrogen and oxygen atoms in total. The molecule has 0 aliphatic carbocycles. The van der Waals surface area contributed by atoms with Crippen LogP contribution in [0.2, 0.25) is 0 Å². The largest absolute Gasteiger partial charge is 0.508 e. The zero-order chi connectivity index (χ0) is 53.5. The van der Waals surface area contributed by atoms with E-state index in [2.05, 4.69) is 45.7 Å². The van der Waals surface area contributed by atoms with Gasteiger partial charge in [-0.2, -0.15) is 0 Å². The van der Waals surface area contributed by atoms with E-state index in [0.29, 0.717) is 5.69 Å². The number of alkyl halides is 3. The number of nitrogens with one attached hydrogen (secondary N) is 5. The Morgan fingerprint density at radius 3 is 1.58 bits per heavy atom. The molecule has 0 bridgehead atoms. The van der Waals surface area contributed by atoms with Crippen LogP contribution in [0.5, 0.6) is 5.75 Å². The van der Waals surface area contributed by atoms with E-state index in [1.54, 1.807) is 31.1 Å². The number of aliphatic imine (C=N–C) groups is 4. The van der Waals surface area contributed by atoms with E-state index in [4.69, 9.17) is 93.0 Å². The molecule has 0 saturated heterocycles. The molecule has 0 aliphatic rings. The molecule has 6 unspecified atom stereocenters. The van der Waals surface area contributed by atoms with Crippen molar-refractivity contribution in [2.45, 2.75) is 47.3 Å². The lowest BCUT2D eigenvalue weighted by molar-refractivity contribution is -0.136. The second kappa shape index (κ2) is 25.0. The molecule has 1 aromatic heterocycles. The average molecular weight is 1050 g/mol. The summed E-state index contributed by atoms with van der Waals surface area (Å²) in [7, 11) is 3.46. The number of aromatic nitrogens is 1. The number of aliphatic hydroxyl groups is 1. The zero-order valence-corrected chi connectivity index (χ0v) is 39.5. The number of rotatable bonds is 21. The minimum absolute atomic E-state index is 0.00348. The summed E-state index contributed by atoms with van der Waals surface area (Å²) < 4.78 is -2.01. The predicted octanol–water partition coefficient (Wildman–Crippen LogP) is -5.20. The van der Waals surface area contributed by atoms with Crippen LogP contribution >= 0.6 is 34.8 Å². The summed E-state index contributed by atoms with van der Waals surface area (Å²) in [5.74, 6) is -11.5. The standard InChI is InChI=1S/C38H49Cl3N22O8/c1-51-19-11-17(38(39,40)41)13-52-27(19)63(14-16-9-10-18(62(2)3)12-20(16)64)33(71)32(70)53-21(15-7-5-4-6-8-15)28(66)55-24(59-35(45)46)30(68)57-26(61-37(49)50)31(69)56-25(60-36(47)48)29(67)54-23(22(42)65)58-34(43)44/h1,4-13,21,23-26,33,71H,14H2,2-3H3,(H23-,42,43,44,45,46,47,48,49,50,53,54,55,56,57,58,59,60,61,64,65,66,67,68,69,70)/p+1. The minimum atomic E-state index is -2.29. The fraction of sp³-hybridized carbons (Fsp3) is 0.263. The van der Waals surface area contributed by atoms with Gasteiger partial charge in [0.15, 0.2) is 23.8 Å². The molecule has 0 radical (unpaired) electrons. The summed E-state index contributed by atoms with van der Waals surface area (Å²) in [5, 5.41) is 33.5. The third kappa shape index (κ3) is 16.7. The van der Waals surface area contributed by atoms with Crippen molar-refractivity contribution >= 4 is 111 Å². The maximum absolute atomic E-state index is 14.3. The molecule has 6 amide bonds. The van der Waals surface area contributed by atoms with Gasteiger partial charge in [0, 0.05) is 49.2 Å². The summed E-state index contributed by atoms with van der Waals surface area (Å²) >= 11 is 18.2. The van der Waals surface area contributed by atoms with Crippen LogP contribution in [0.3, 0.4) is 0 Å². The van der Waals surface area contributed by atoms with Gasteiger partial charge in [-0.05, 0) is 16.5 Å². The highest BCUT2D eigenvalue weighted by molar-refractivity contribution is 6.66. The van der Waals surface area contributed by atoms with Gasteiger partial charge in [0.1, 0.15) is 11.8 Å². The van der Waals surface area contributed by atoms with Crippen molar-refractivity contribution < 1.29 is 39.0 Å². The number of anilines is 2. The maximum Gasteiger partial charge on any atom is 0.382 e. The highest BCUT2D eigenvalue weighted by Crippen LogP contribution is 2.41. The number of primary amides is 1. The number of hydrogen-bond acceptors (Lipinski definition) is 15. The van der Waals surface area contributed by atoms with E-state index in [1.807, 2.05) is 10.6 Å². The first-order chi connectivity index (χ1) is 33.1. The maximum atomic E-state index is 14.3. The minimum Gasteiger partial charge on any atom is -0.508 e. The van der Waals surface area contributed by atoms with Crippen LogP contribution in [0.1, 0.15) is 22.7 Å². The quantitative estimate of drug-likeness (QED) is 0.0205. The van der Waals surface area contributed by atoms with E-state index in [1.165, 1.54) is 42.5 Å². The highest BCUT2D eigenvalue weighted by atomic mass is 35.6. The van der Waals surface area contributed by atoms with Gasteiger partial charge in [0.05, 0.1) is 6.54 Å². The van der Waals surface area contributed by atoms with Crippen LogP contribution in [0.4, 0.5) is 17.2 Å². The molecule has 1 heterocycles. The SMILES string of the molecule is C#[N+]c1cc(C(Cl)(Cl)Cl)cnc1N(Cc1ccc(N(C)C)cc1O)C(O)C(=O)NC(C(=O)NC(N=C(N)N)C(=O)NC(N=C(N)N)C(=O)NC(N=C(N)N)C(=O)NC(N=C(N)N)C(N)=O)c1ccccc1. The van der Waals surface area contributed by atoms with Gasteiger partial charge in [-0.15, -0.1) is 0 Å². The molecule has 0 aliphatic heterocycles. The number of phenols is 1. The Hall–Kier alpha value is -8.79. The van der Waals surface area contributed by atoms with Gasteiger partial charge >= 0.3 is 5.69 Å². The number of phenolic OH excluding ortho intramolecular Hbond substituents is 1. The van der Waals surface area contributed by atoms with Gasteiger partial charge in [0.2, 0.25) is 46.4 Å². The van der Waals surface area contributed by atoms with Crippen molar-refractivity contribution in [3.05, 3.63) is 82.3 Å². The average Bonchev–Trinajstić information content (AvgIpc) is 3.28. The van der Waals surface area contributed by atoms with Crippen LogP contribution in [-0.4, -0.2) is 119 Å². The zero-order valence-electron chi connectivity index (χ0n) is 37.3. The summed E-state index contributed by atoms with van der Waals surface area (Å²) in [6.45, 7) is 5.24. The molecular formula is C38H50Cl3N22O8+. The van der Waals surface area contributed by atoms with Crippen LogP contribution < -0.4 is 88.0 Å². The molecule has 0 saturated carbocycles. The van der Waals surface area contributed by atoms with Gasteiger partial charge in [0.25, 0.3) is 36.1 Å². The molecule has 3 aromatic rings. The fourth-order valence-electron chi connectivity index (χ4n) is 5.74. The molecule has 25 N–H and O–H groups in total. The number of nitrogens with zero attached hydrogens (tertiary/aromatic N) is 8. The van der Waals surface area contributed by atoms with Crippen molar-refractivity contribution in [3.63, 3.8) is 0 Å². The highest BCUT2D eigenvalue weighted by Gasteiger charge is 2.37. The lowest BCUT2D eigenvalue weighted by Gasteiger charge is -2.30. The van der Waals surface area contributed by atoms with Crippen molar-refractivity contribution in [1.29, 1.82) is 0 Å². The summed E-state index contributed by atoms with van der Waals surface area (Å²) in [6, 6.07) is 11.3. The first kappa shape index (κ1) is 56.5. The topological polar surface area (TPSA) is 510 Å². The van der Waals surface area contributed by atoms with Crippen molar-refractivity contribution in [2.75, 3.05) is 23.9 Å². The van der Waals surface area contributed by atoms with Gasteiger partial charge in [-0.1, -0.05) is 71.2 Å². The van der Waals surface area contributed by atoms with E-state index < -0.39 is 107 Å². The van der Waals surface area contributed by atoms with Gasteiger partial charge in [-0.3, -0.25) is 28.8 Å². The second-order valence-electron chi connectivity index (χ2n) is 14.5. The fourth-order valence-corrected chi connectivity index (χ4v) is 6.05. The lowest BCUT2D eigenvalue weighted by Crippen LogP contribution is -2.58. The second-order valence-corrected chi connectivity index (χ2v) is 16.8. The number of carbonyl (C=O) groups excluding carboxylic acids is 6. The van der Waals surface area contributed by atoms with Crippen LogP contribution in [0.25, 0.3) is 4.85 Å². The number of pyridine rings is 1. The van der Waals surface area contributed by atoms with Gasteiger partial charge < -0.3 is 98.2 Å². The molecule has 3 rings (SSSR count). The van der Waals surface area contributed by atoms with Crippen LogP contribution in [0, 0.1) is 6.57 Å². The van der Waals surface area contributed by atoms with Crippen LogP contribution in [0.15, 0.2) is 80.8 Å². The summed E-state index contributed by atoms with van der Waals surface area (Å²) in [5.41, 5.74) is 49.5. The molecular weight excluding hydrogens is 999 g/mol. The third-order valence-corrected chi connectivity index (χ3v) is 9.62. The number of amides is 6. The Labute approximate surface area is 417 Å². The monoisotopic (exact) mass is 1050 g/mol. The molecule has 2 aromatic carbocycles. The third-order valence-electron chi connectivity index (χ3n) is 8.97. The molecule has 6 atom stereocenters. The Bertz CT molecular complexity index is 2630. The van der Waals surface area contributed by atoms with Crippen LogP contribution in [-0.2, 0) is 39.1 Å². The van der Waals surface area contributed by atoms with E-state index in [0.717, 1.165) is 11.1 Å². The smallest absolute Gasteiger partial charge is 0.382 e. The number of halogens is 3. The molecule has 33 heteroatoms. The summed E-state index contributed by atoms with van der Waals surface area (Å²) in [4.78, 5) is 106. The van der Waals surface area contributed by atoms with E-state index in [9.17, 15) is 39.0 Å². The summed E-state index contributed by atoms with van der Waals surface area (Å²) in [6.07, 6.45) is -9.53. The van der Waals surface area contributed by atoms with Crippen molar-refractivity contribution in [3.8, 4) is 12.3 Å². The number of guanidine groups is 4. The molecule has 0 spiro atoms. The normalized spacial score (nSPS) is 13.3.